The Morgan fingerprint density at radius 3 is 2.50 bits per heavy atom. The molecule has 8 heteroatoms. The van der Waals surface area contributed by atoms with E-state index in [2.05, 4.69) is 5.32 Å². The third-order valence-electron chi connectivity index (χ3n) is 1.66. The van der Waals surface area contributed by atoms with Crippen LogP contribution in [0.4, 0.5) is 0 Å². The molecule has 4 nitrogen and oxygen atoms in total. The molecule has 1 atom stereocenters. The highest BCUT2D eigenvalue weighted by atomic mass is 32.2. The van der Waals surface area contributed by atoms with Crippen molar-refractivity contribution in [2.24, 2.45) is 5.73 Å². The summed E-state index contributed by atoms with van der Waals surface area (Å²) in [5.74, 6) is 1.67. The smallest absolute Gasteiger partial charge is 0.133 e. The molecule has 0 rings (SSSR count). The number of aliphatic hydroxyl groups excluding tert-OH is 1. The maximum atomic E-state index is 9.60. The largest absolute Gasteiger partial charge is 0.389 e. The van der Waals surface area contributed by atoms with Crippen molar-refractivity contribution in [1.29, 1.82) is 0 Å². The Kier molecular flexibility index (Phi) is 11.5. The van der Waals surface area contributed by atoms with Crippen LogP contribution in [0.5, 0.6) is 0 Å². The minimum atomic E-state index is -0.544. The van der Waals surface area contributed by atoms with Crippen LogP contribution in [0.1, 0.15) is 13.8 Å². The SMILES string of the molecule is CC(C)OCC(O)CNC(=S)SCCSC(N)=S. The molecular formula is C10H20N2O2S4. The highest BCUT2D eigenvalue weighted by Crippen LogP contribution is 2.08. The van der Waals surface area contributed by atoms with Crippen LogP contribution in [0.2, 0.25) is 0 Å². The molecule has 0 radical (unpaired) electrons. The van der Waals surface area contributed by atoms with Crippen LogP contribution in [-0.4, -0.2) is 50.6 Å². The zero-order valence-corrected chi connectivity index (χ0v) is 13.8. The fourth-order valence-electron chi connectivity index (χ4n) is 0.891. The standard InChI is InChI=1S/C10H20N2O2S4/c1-7(2)14-6-8(13)5-12-10(16)18-4-3-17-9(11)15/h7-8,13H,3-6H2,1-2H3,(H2,11,15)(H,12,16). The maximum Gasteiger partial charge on any atom is 0.133 e. The molecule has 0 aromatic heterocycles. The summed E-state index contributed by atoms with van der Waals surface area (Å²) in [6, 6.07) is 0. The lowest BCUT2D eigenvalue weighted by Gasteiger charge is -2.15. The highest BCUT2D eigenvalue weighted by Gasteiger charge is 2.06. The van der Waals surface area contributed by atoms with Crippen molar-refractivity contribution in [3.8, 4) is 0 Å². The molecule has 18 heavy (non-hydrogen) atoms. The van der Waals surface area contributed by atoms with Gasteiger partial charge in [-0.3, -0.25) is 0 Å². The molecule has 0 amide bonds. The van der Waals surface area contributed by atoms with Gasteiger partial charge in [0, 0.05) is 18.1 Å². The average Bonchev–Trinajstić information content (AvgIpc) is 2.29. The third kappa shape index (κ3) is 12.8. The normalized spacial score (nSPS) is 12.4. The van der Waals surface area contributed by atoms with Crippen molar-refractivity contribution in [2.75, 3.05) is 24.7 Å². The molecule has 0 aromatic rings. The molecule has 0 aromatic carbocycles. The monoisotopic (exact) mass is 328 g/mol. The van der Waals surface area contributed by atoms with Gasteiger partial charge < -0.3 is 20.9 Å². The van der Waals surface area contributed by atoms with Crippen molar-refractivity contribution in [3.63, 3.8) is 0 Å². The molecule has 0 aliphatic heterocycles. The number of thiocarbonyl (C=S) groups is 2. The number of thioether (sulfide) groups is 2. The summed E-state index contributed by atoms with van der Waals surface area (Å²) < 4.78 is 6.41. The summed E-state index contributed by atoms with van der Waals surface area (Å²) in [5, 5.41) is 12.6. The van der Waals surface area contributed by atoms with Crippen molar-refractivity contribution in [2.45, 2.75) is 26.1 Å². The number of ether oxygens (including phenoxy) is 1. The zero-order chi connectivity index (χ0) is 14.0. The Bertz CT molecular complexity index is 264. The van der Waals surface area contributed by atoms with E-state index in [0.717, 1.165) is 11.5 Å². The Morgan fingerprint density at radius 2 is 1.94 bits per heavy atom. The number of nitrogens with two attached hydrogens (primary N) is 1. The van der Waals surface area contributed by atoms with E-state index in [1.807, 2.05) is 13.8 Å². The van der Waals surface area contributed by atoms with Gasteiger partial charge >= 0.3 is 0 Å². The van der Waals surface area contributed by atoms with Gasteiger partial charge in [0.2, 0.25) is 0 Å². The van der Waals surface area contributed by atoms with Gasteiger partial charge in [-0.05, 0) is 13.8 Å². The molecule has 0 fully saturated rings. The van der Waals surface area contributed by atoms with E-state index < -0.39 is 6.10 Å². The molecule has 4 N–H and O–H groups in total. The molecule has 0 saturated carbocycles. The Hall–Kier alpha value is 0.400. The lowest BCUT2D eigenvalue weighted by molar-refractivity contribution is 0.00813. The summed E-state index contributed by atoms with van der Waals surface area (Å²) in [6.45, 7) is 4.58. The number of nitrogens with one attached hydrogen (secondary N) is 1. The van der Waals surface area contributed by atoms with Crippen LogP contribution in [0.25, 0.3) is 0 Å². The van der Waals surface area contributed by atoms with Crippen molar-refractivity contribution in [3.05, 3.63) is 0 Å². The Balaban J connectivity index is 3.48. The molecule has 0 spiro atoms. The molecule has 1 unspecified atom stereocenters. The van der Waals surface area contributed by atoms with E-state index in [0.29, 0.717) is 21.8 Å². The second kappa shape index (κ2) is 11.2. The van der Waals surface area contributed by atoms with Gasteiger partial charge in [0.1, 0.15) is 8.64 Å². The molecular weight excluding hydrogens is 308 g/mol. The first kappa shape index (κ1) is 18.4. The first-order chi connectivity index (χ1) is 8.41. The summed E-state index contributed by atoms with van der Waals surface area (Å²) in [4.78, 5) is 0. The minimum Gasteiger partial charge on any atom is -0.389 e. The Morgan fingerprint density at radius 1 is 1.33 bits per heavy atom. The van der Waals surface area contributed by atoms with E-state index in [1.165, 1.54) is 23.5 Å². The Labute approximate surface area is 128 Å². The van der Waals surface area contributed by atoms with Crippen molar-refractivity contribution in [1.82, 2.24) is 5.32 Å². The van der Waals surface area contributed by atoms with Crippen molar-refractivity contribution < 1.29 is 9.84 Å². The topological polar surface area (TPSA) is 67.5 Å². The predicted octanol–water partition coefficient (Wildman–Crippen LogP) is 1.36. The fourth-order valence-corrected chi connectivity index (χ4v) is 2.71. The zero-order valence-electron chi connectivity index (χ0n) is 10.5. The summed E-state index contributed by atoms with van der Waals surface area (Å²) in [7, 11) is 0. The van der Waals surface area contributed by atoms with Crippen LogP contribution in [0.15, 0.2) is 0 Å². The van der Waals surface area contributed by atoms with E-state index >= 15 is 0 Å². The highest BCUT2D eigenvalue weighted by molar-refractivity contribution is 8.25. The number of hydrogen-bond donors (Lipinski definition) is 3. The van der Waals surface area contributed by atoms with Gasteiger partial charge in [0.15, 0.2) is 0 Å². The predicted molar refractivity (Wildman–Crippen MR) is 89.4 cm³/mol. The first-order valence-electron chi connectivity index (χ1n) is 5.54. The summed E-state index contributed by atoms with van der Waals surface area (Å²) >= 11 is 12.8. The second-order valence-corrected chi connectivity index (χ2v) is 7.33. The lowest BCUT2D eigenvalue weighted by Crippen LogP contribution is -2.33. The van der Waals surface area contributed by atoms with Gasteiger partial charge in [0.25, 0.3) is 0 Å². The van der Waals surface area contributed by atoms with Gasteiger partial charge in [-0.15, -0.1) is 0 Å². The first-order valence-corrected chi connectivity index (χ1v) is 8.33. The van der Waals surface area contributed by atoms with Gasteiger partial charge in [-0.25, -0.2) is 0 Å². The van der Waals surface area contributed by atoms with Crippen LogP contribution < -0.4 is 11.1 Å². The lowest BCUT2D eigenvalue weighted by atomic mass is 10.4. The van der Waals surface area contributed by atoms with E-state index in [9.17, 15) is 5.11 Å². The van der Waals surface area contributed by atoms with Gasteiger partial charge in [-0.2, -0.15) is 0 Å². The second-order valence-electron chi connectivity index (χ2n) is 3.72. The maximum absolute atomic E-state index is 9.60. The van der Waals surface area contributed by atoms with E-state index in [1.54, 1.807) is 0 Å². The third-order valence-corrected chi connectivity index (χ3v) is 4.28. The number of aliphatic hydroxyl groups is 1. The minimum absolute atomic E-state index is 0.123. The van der Waals surface area contributed by atoms with Crippen LogP contribution in [0.3, 0.4) is 0 Å². The summed E-state index contributed by atoms with van der Waals surface area (Å²) in [6.07, 6.45) is -0.421. The molecule has 0 saturated heterocycles. The van der Waals surface area contributed by atoms with Crippen LogP contribution >= 0.6 is 48.0 Å². The number of hydrogen-bond acceptors (Lipinski definition) is 6. The van der Waals surface area contributed by atoms with Gasteiger partial charge in [-0.1, -0.05) is 48.0 Å². The van der Waals surface area contributed by atoms with E-state index in [-0.39, 0.29) is 6.10 Å². The molecule has 106 valence electrons. The molecule has 0 heterocycles. The summed E-state index contributed by atoms with van der Waals surface area (Å²) in [5.41, 5.74) is 5.36. The molecule has 0 bridgehead atoms. The average molecular weight is 329 g/mol. The van der Waals surface area contributed by atoms with Gasteiger partial charge in [0.05, 0.1) is 18.8 Å². The fraction of sp³-hybridized carbons (Fsp3) is 0.800. The molecule has 0 aliphatic carbocycles. The quantitative estimate of drug-likeness (QED) is 0.456. The molecule has 0 aliphatic rings. The van der Waals surface area contributed by atoms with E-state index in [4.69, 9.17) is 34.9 Å². The van der Waals surface area contributed by atoms with Crippen LogP contribution in [0, 0.1) is 0 Å². The van der Waals surface area contributed by atoms with Crippen LogP contribution in [-0.2, 0) is 4.74 Å². The number of rotatable bonds is 8. The van der Waals surface area contributed by atoms with Crippen molar-refractivity contribution >= 4 is 56.6 Å².